The third kappa shape index (κ3) is 2.56. The largest absolute Gasteiger partial charge is 0.459 e. The first-order valence-corrected chi connectivity index (χ1v) is 8.81. The molecule has 0 N–H and O–H groups in total. The molecule has 0 unspecified atom stereocenters. The standard InChI is InChI=1S/C15H15N5O2S/c1-2-11(21-7-1)14-18-16-12(22-14)8-23-15-19-17-13(9-3-4-9)20(15)10-5-6-10/h1-2,7,9-10H,3-6,8H2. The highest BCUT2D eigenvalue weighted by Crippen LogP contribution is 2.46. The molecule has 7 nitrogen and oxygen atoms in total. The third-order valence-electron chi connectivity index (χ3n) is 4.07. The van der Waals surface area contributed by atoms with Crippen LogP contribution >= 0.6 is 11.8 Å². The van der Waals surface area contributed by atoms with Crippen LogP contribution in [-0.4, -0.2) is 25.0 Å². The molecule has 0 aliphatic heterocycles. The molecule has 23 heavy (non-hydrogen) atoms. The summed E-state index contributed by atoms with van der Waals surface area (Å²) < 4.78 is 13.2. The summed E-state index contributed by atoms with van der Waals surface area (Å²) in [6.07, 6.45) is 6.53. The van der Waals surface area contributed by atoms with Crippen LogP contribution in [0.2, 0.25) is 0 Å². The van der Waals surface area contributed by atoms with Crippen LogP contribution in [-0.2, 0) is 5.75 Å². The van der Waals surface area contributed by atoms with Crippen molar-refractivity contribution in [2.75, 3.05) is 0 Å². The Bertz CT molecular complexity index is 817. The summed E-state index contributed by atoms with van der Waals surface area (Å²) in [4.78, 5) is 0. The first-order chi connectivity index (χ1) is 11.4. The van der Waals surface area contributed by atoms with Crippen LogP contribution in [0.4, 0.5) is 0 Å². The Morgan fingerprint density at radius 3 is 2.78 bits per heavy atom. The number of furan rings is 1. The lowest BCUT2D eigenvalue weighted by Gasteiger charge is -2.06. The van der Waals surface area contributed by atoms with Crippen LogP contribution < -0.4 is 0 Å². The predicted octanol–water partition coefficient (Wildman–Crippen LogP) is 3.43. The number of hydrogen-bond donors (Lipinski definition) is 0. The summed E-state index contributed by atoms with van der Waals surface area (Å²) in [7, 11) is 0. The lowest BCUT2D eigenvalue weighted by Crippen LogP contribution is -2.01. The average molecular weight is 329 g/mol. The van der Waals surface area contributed by atoms with Crippen LogP contribution in [0.15, 0.2) is 32.4 Å². The van der Waals surface area contributed by atoms with Crippen LogP contribution in [0, 0.1) is 0 Å². The molecular weight excluding hydrogens is 314 g/mol. The van der Waals surface area contributed by atoms with Crippen molar-refractivity contribution < 1.29 is 8.83 Å². The van der Waals surface area contributed by atoms with E-state index >= 15 is 0 Å². The summed E-state index contributed by atoms with van der Waals surface area (Å²) in [6.45, 7) is 0. The number of nitrogens with zero attached hydrogens (tertiary/aromatic N) is 5. The fraction of sp³-hybridized carbons (Fsp3) is 0.467. The Labute approximate surface area is 136 Å². The Morgan fingerprint density at radius 1 is 1.13 bits per heavy atom. The van der Waals surface area contributed by atoms with Crippen molar-refractivity contribution in [2.24, 2.45) is 0 Å². The van der Waals surface area contributed by atoms with Gasteiger partial charge in [0.15, 0.2) is 10.9 Å². The van der Waals surface area contributed by atoms with Crippen LogP contribution in [0.25, 0.3) is 11.7 Å². The van der Waals surface area contributed by atoms with Crippen molar-refractivity contribution in [1.82, 2.24) is 25.0 Å². The first kappa shape index (κ1) is 13.4. The van der Waals surface area contributed by atoms with Gasteiger partial charge >= 0.3 is 0 Å². The highest BCUT2D eigenvalue weighted by molar-refractivity contribution is 7.98. The summed E-state index contributed by atoms with van der Waals surface area (Å²) in [5.74, 6) is 3.94. The van der Waals surface area contributed by atoms with E-state index in [1.165, 1.54) is 25.7 Å². The van der Waals surface area contributed by atoms with Gasteiger partial charge in [0.1, 0.15) is 5.82 Å². The molecule has 5 rings (SSSR count). The number of aromatic nitrogens is 5. The van der Waals surface area contributed by atoms with Gasteiger partial charge in [-0.15, -0.1) is 20.4 Å². The van der Waals surface area contributed by atoms with Gasteiger partial charge in [-0.25, -0.2) is 0 Å². The molecule has 0 atom stereocenters. The molecule has 3 aromatic heterocycles. The van der Waals surface area contributed by atoms with E-state index in [4.69, 9.17) is 8.83 Å². The Kier molecular flexibility index (Phi) is 3.04. The fourth-order valence-electron chi connectivity index (χ4n) is 2.62. The lowest BCUT2D eigenvalue weighted by atomic mass is 10.4. The minimum atomic E-state index is 0.410. The topological polar surface area (TPSA) is 82.8 Å². The van der Waals surface area contributed by atoms with Crippen molar-refractivity contribution in [3.63, 3.8) is 0 Å². The van der Waals surface area contributed by atoms with E-state index in [-0.39, 0.29) is 0 Å². The monoisotopic (exact) mass is 329 g/mol. The zero-order valence-corrected chi connectivity index (χ0v) is 13.2. The van der Waals surface area contributed by atoms with Crippen molar-refractivity contribution >= 4 is 11.8 Å². The minimum Gasteiger partial charge on any atom is -0.459 e. The van der Waals surface area contributed by atoms with E-state index in [1.54, 1.807) is 30.2 Å². The van der Waals surface area contributed by atoms with Crippen molar-refractivity contribution in [1.29, 1.82) is 0 Å². The van der Waals surface area contributed by atoms with E-state index in [2.05, 4.69) is 25.0 Å². The molecular formula is C15H15N5O2S. The van der Waals surface area contributed by atoms with E-state index < -0.39 is 0 Å². The maximum absolute atomic E-state index is 5.64. The van der Waals surface area contributed by atoms with Gasteiger partial charge in [0.25, 0.3) is 5.89 Å². The van der Waals surface area contributed by atoms with Gasteiger partial charge in [-0.3, -0.25) is 0 Å². The maximum Gasteiger partial charge on any atom is 0.283 e. The Hall–Kier alpha value is -2.09. The number of hydrogen-bond acceptors (Lipinski definition) is 7. The molecule has 0 spiro atoms. The van der Waals surface area contributed by atoms with Gasteiger partial charge in [0, 0.05) is 12.0 Å². The van der Waals surface area contributed by atoms with Gasteiger partial charge in [0.05, 0.1) is 12.0 Å². The molecule has 2 fully saturated rings. The van der Waals surface area contributed by atoms with Crippen molar-refractivity contribution in [3.8, 4) is 11.7 Å². The molecule has 118 valence electrons. The highest BCUT2D eigenvalue weighted by Gasteiger charge is 2.36. The average Bonchev–Trinajstić information content (AvgIpc) is 3.43. The third-order valence-corrected chi connectivity index (χ3v) is 5.00. The molecule has 2 aliphatic carbocycles. The van der Waals surface area contributed by atoms with Gasteiger partial charge in [-0.05, 0) is 37.8 Å². The SMILES string of the molecule is c1coc(-c2nnc(CSc3nnc(C4CC4)n3C3CC3)o2)c1. The van der Waals surface area contributed by atoms with E-state index in [1.807, 2.05) is 0 Å². The normalized spacial score (nSPS) is 17.7. The molecule has 3 heterocycles. The molecule has 0 radical (unpaired) electrons. The van der Waals surface area contributed by atoms with E-state index in [9.17, 15) is 0 Å². The summed E-state index contributed by atoms with van der Waals surface area (Å²) in [6, 6.07) is 4.19. The summed E-state index contributed by atoms with van der Waals surface area (Å²) in [5, 5.41) is 17.8. The fourth-order valence-corrected chi connectivity index (χ4v) is 3.47. The molecule has 3 aromatic rings. The van der Waals surface area contributed by atoms with Crippen LogP contribution in [0.1, 0.15) is 49.4 Å². The van der Waals surface area contributed by atoms with Crippen LogP contribution in [0.3, 0.4) is 0 Å². The van der Waals surface area contributed by atoms with Crippen molar-refractivity contribution in [2.45, 2.75) is 48.6 Å². The molecule has 0 aromatic carbocycles. The minimum absolute atomic E-state index is 0.410. The van der Waals surface area contributed by atoms with Gasteiger partial charge in [-0.1, -0.05) is 11.8 Å². The molecule has 2 saturated carbocycles. The highest BCUT2D eigenvalue weighted by atomic mass is 32.2. The Morgan fingerprint density at radius 2 is 2.04 bits per heavy atom. The molecule has 0 bridgehead atoms. The second kappa shape index (κ2) is 5.23. The quantitative estimate of drug-likeness (QED) is 0.641. The second-order valence-corrected chi connectivity index (χ2v) is 6.93. The van der Waals surface area contributed by atoms with Crippen LogP contribution in [0.5, 0.6) is 0 Å². The smallest absolute Gasteiger partial charge is 0.283 e. The summed E-state index contributed by atoms with van der Waals surface area (Å²) >= 11 is 1.61. The van der Waals surface area contributed by atoms with Crippen molar-refractivity contribution in [3.05, 3.63) is 30.1 Å². The molecule has 2 aliphatic rings. The van der Waals surface area contributed by atoms with E-state index in [0.29, 0.717) is 35.3 Å². The Balaban J connectivity index is 1.33. The maximum atomic E-state index is 5.64. The first-order valence-electron chi connectivity index (χ1n) is 7.82. The molecule has 0 amide bonds. The summed E-state index contributed by atoms with van der Waals surface area (Å²) in [5.41, 5.74) is 0. The van der Waals surface area contributed by atoms with E-state index in [0.717, 1.165) is 11.0 Å². The zero-order valence-electron chi connectivity index (χ0n) is 12.4. The number of thioether (sulfide) groups is 1. The van der Waals surface area contributed by atoms with Gasteiger partial charge < -0.3 is 13.4 Å². The molecule has 0 saturated heterocycles. The van der Waals surface area contributed by atoms with Gasteiger partial charge in [0.2, 0.25) is 5.89 Å². The second-order valence-electron chi connectivity index (χ2n) is 5.98. The number of rotatable bonds is 6. The van der Waals surface area contributed by atoms with Gasteiger partial charge in [-0.2, -0.15) is 0 Å². The lowest BCUT2D eigenvalue weighted by molar-refractivity contribution is 0.494. The predicted molar refractivity (Wildman–Crippen MR) is 81.8 cm³/mol. The zero-order chi connectivity index (χ0) is 15.2. The molecule has 8 heteroatoms.